The molecule has 1 rings (SSSR count). The molecule has 1 aromatic rings. The normalized spacial score (nSPS) is 11.6. The van der Waals surface area contributed by atoms with Crippen LogP contribution in [-0.2, 0) is 16.0 Å². The van der Waals surface area contributed by atoms with Crippen LogP contribution in [0.3, 0.4) is 0 Å². The number of pyridine rings is 1. The Hall–Kier alpha value is -2.00. The predicted molar refractivity (Wildman–Crippen MR) is 51.6 cm³/mol. The molecule has 0 amide bonds. The smallest absolute Gasteiger partial charge is 0.469 e. The lowest BCUT2D eigenvalue weighted by molar-refractivity contribution is -0.276. The molecular weight excluding hydrogens is 296 g/mol. The van der Waals surface area contributed by atoms with Gasteiger partial charge < -0.3 is 9.47 Å². The highest BCUT2D eigenvalue weighted by molar-refractivity contribution is 5.72. The number of ether oxygens (including phenoxy) is 2. The van der Waals surface area contributed by atoms with Crippen LogP contribution < -0.4 is 4.74 Å². The summed E-state index contributed by atoms with van der Waals surface area (Å²) in [6.45, 7) is 0. The summed E-state index contributed by atoms with van der Waals surface area (Å²) in [5.74, 6) is -3.89. The lowest BCUT2D eigenvalue weighted by Gasteiger charge is -2.12. The third-order valence-corrected chi connectivity index (χ3v) is 2.05. The molecule has 112 valence electrons. The first kappa shape index (κ1) is 16.1. The molecule has 20 heavy (non-hydrogen) atoms. The molecule has 1 heterocycles. The summed E-state index contributed by atoms with van der Waals surface area (Å²) in [5.41, 5.74) is -2.16. The summed E-state index contributed by atoms with van der Waals surface area (Å²) in [6.07, 6.45) is -9.48. The molecule has 0 spiro atoms. The van der Waals surface area contributed by atoms with Gasteiger partial charge in [0.2, 0.25) is 5.88 Å². The number of rotatable bonds is 4. The van der Waals surface area contributed by atoms with Crippen LogP contribution in [0, 0.1) is 5.82 Å². The topological polar surface area (TPSA) is 48.4 Å². The van der Waals surface area contributed by atoms with Gasteiger partial charge in [0.15, 0.2) is 0 Å². The standard InChI is InChI=1S/C10H7F6NO3/c1-19-7(18)2-4-5(11)3-6(20-10(14,15)16)17-8(4)9(12)13/h3,9H,2H2,1H3. The van der Waals surface area contributed by atoms with E-state index in [0.717, 1.165) is 7.11 Å². The molecule has 4 nitrogen and oxygen atoms in total. The maximum absolute atomic E-state index is 13.5. The Bertz CT molecular complexity index is 503. The van der Waals surface area contributed by atoms with Gasteiger partial charge in [-0.2, -0.15) is 0 Å². The second kappa shape index (κ2) is 5.97. The number of carbonyl (C=O) groups is 1. The van der Waals surface area contributed by atoms with E-state index in [2.05, 4.69) is 14.5 Å². The molecule has 0 aromatic carbocycles. The molecular formula is C10H7F6NO3. The number of hydrogen-bond acceptors (Lipinski definition) is 4. The molecule has 1 aromatic heterocycles. The van der Waals surface area contributed by atoms with Crippen LogP contribution in [0.1, 0.15) is 17.7 Å². The van der Waals surface area contributed by atoms with Gasteiger partial charge in [0.25, 0.3) is 6.43 Å². The Morgan fingerprint density at radius 2 is 2.00 bits per heavy atom. The Morgan fingerprint density at radius 3 is 2.45 bits per heavy atom. The van der Waals surface area contributed by atoms with Crippen molar-refractivity contribution in [2.75, 3.05) is 7.11 Å². The molecule has 10 heteroatoms. The molecule has 0 N–H and O–H groups in total. The first-order valence-corrected chi connectivity index (χ1v) is 4.94. The predicted octanol–water partition coefficient (Wildman–Crippen LogP) is 2.77. The van der Waals surface area contributed by atoms with Crippen molar-refractivity contribution in [2.24, 2.45) is 0 Å². The van der Waals surface area contributed by atoms with Gasteiger partial charge in [0.05, 0.1) is 13.5 Å². The zero-order valence-electron chi connectivity index (χ0n) is 9.80. The Balaban J connectivity index is 3.22. The maximum atomic E-state index is 13.5. The van der Waals surface area contributed by atoms with E-state index in [1.807, 2.05) is 0 Å². The minimum Gasteiger partial charge on any atom is -0.469 e. The zero-order valence-corrected chi connectivity index (χ0v) is 9.80. The molecule has 0 aliphatic carbocycles. The summed E-state index contributed by atoms with van der Waals surface area (Å²) < 4.78 is 82.0. The maximum Gasteiger partial charge on any atom is 0.574 e. The number of alkyl halides is 5. The van der Waals surface area contributed by atoms with E-state index in [-0.39, 0.29) is 6.07 Å². The van der Waals surface area contributed by atoms with Gasteiger partial charge in [-0.05, 0) is 0 Å². The lowest BCUT2D eigenvalue weighted by atomic mass is 10.1. The van der Waals surface area contributed by atoms with Gasteiger partial charge in [0, 0.05) is 11.6 Å². The van der Waals surface area contributed by atoms with Gasteiger partial charge >= 0.3 is 12.3 Å². The number of aromatic nitrogens is 1. The number of carbonyl (C=O) groups excluding carboxylic acids is 1. The lowest BCUT2D eigenvalue weighted by Crippen LogP contribution is -2.19. The molecule has 0 unspecified atom stereocenters. The van der Waals surface area contributed by atoms with E-state index >= 15 is 0 Å². The number of halogens is 6. The van der Waals surface area contributed by atoms with E-state index in [4.69, 9.17) is 0 Å². The highest BCUT2D eigenvalue weighted by atomic mass is 19.4. The highest BCUT2D eigenvalue weighted by Gasteiger charge is 2.33. The minimum absolute atomic E-state index is 0.164. The van der Waals surface area contributed by atoms with E-state index in [1.54, 1.807) is 0 Å². The van der Waals surface area contributed by atoms with E-state index in [0.29, 0.717) is 0 Å². The number of hydrogen-bond donors (Lipinski definition) is 0. The van der Waals surface area contributed by atoms with Crippen LogP contribution in [0.2, 0.25) is 0 Å². The number of methoxy groups -OCH3 is 1. The van der Waals surface area contributed by atoms with Crippen LogP contribution in [-0.4, -0.2) is 24.4 Å². The Labute approximate surface area is 108 Å². The second-order valence-corrected chi connectivity index (χ2v) is 3.41. The van der Waals surface area contributed by atoms with Crippen LogP contribution >= 0.6 is 0 Å². The highest BCUT2D eigenvalue weighted by Crippen LogP contribution is 2.29. The van der Waals surface area contributed by atoms with Crippen molar-refractivity contribution in [3.05, 3.63) is 23.1 Å². The van der Waals surface area contributed by atoms with Crippen molar-refractivity contribution >= 4 is 5.97 Å². The molecule has 0 saturated carbocycles. The van der Waals surface area contributed by atoms with Gasteiger partial charge in [0.1, 0.15) is 11.5 Å². The van der Waals surface area contributed by atoms with Crippen molar-refractivity contribution in [1.29, 1.82) is 0 Å². The minimum atomic E-state index is -5.21. The molecule has 0 atom stereocenters. The van der Waals surface area contributed by atoms with Gasteiger partial charge in [-0.15, -0.1) is 13.2 Å². The molecule has 0 fully saturated rings. The van der Waals surface area contributed by atoms with Crippen LogP contribution in [0.15, 0.2) is 6.07 Å². The van der Waals surface area contributed by atoms with Gasteiger partial charge in [-0.3, -0.25) is 4.79 Å². The summed E-state index contributed by atoms with van der Waals surface area (Å²) in [4.78, 5) is 13.8. The monoisotopic (exact) mass is 303 g/mol. The van der Waals surface area contributed by atoms with E-state index < -0.39 is 48.1 Å². The van der Waals surface area contributed by atoms with Crippen molar-refractivity contribution in [2.45, 2.75) is 19.2 Å². The molecule has 0 aliphatic heterocycles. The van der Waals surface area contributed by atoms with E-state index in [9.17, 15) is 31.1 Å². The van der Waals surface area contributed by atoms with Gasteiger partial charge in [-0.25, -0.2) is 18.2 Å². The Morgan fingerprint density at radius 1 is 1.40 bits per heavy atom. The summed E-state index contributed by atoms with van der Waals surface area (Å²) in [5, 5.41) is 0. The van der Waals surface area contributed by atoms with Crippen molar-refractivity contribution in [3.63, 3.8) is 0 Å². The molecule has 0 radical (unpaired) electrons. The molecule has 0 bridgehead atoms. The van der Waals surface area contributed by atoms with Crippen molar-refractivity contribution in [1.82, 2.24) is 4.98 Å². The Kier molecular flexibility index (Phi) is 4.79. The fourth-order valence-corrected chi connectivity index (χ4v) is 1.28. The van der Waals surface area contributed by atoms with Crippen LogP contribution in [0.4, 0.5) is 26.3 Å². The van der Waals surface area contributed by atoms with Crippen LogP contribution in [0.5, 0.6) is 5.88 Å². The average molecular weight is 303 g/mol. The summed E-state index contributed by atoms with van der Waals surface area (Å²) in [7, 11) is 0.941. The average Bonchev–Trinajstić information content (AvgIpc) is 2.29. The first-order valence-electron chi connectivity index (χ1n) is 4.94. The van der Waals surface area contributed by atoms with E-state index in [1.165, 1.54) is 0 Å². The van der Waals surface area contributed by atoms with Gasteiger partial charge in [-0.1, -0.05) is 0 Å². The van der Waals surface area contributed by atoms with Crippen LogP contribution in [0.25, 0.3) is 0 Å². The molecule has 0 aliphatic rings. The quantitative estimate of drug-likeness (QED) is 0.634. The summed E-state index contributed by atoms with van der Waals surface area (Å²) >= 11 is 0. The third kappa shape index (κ3) is 4.28. The number of nitrogens with zero attached hydrogens (tertiary/aromatic N) is 1. The zero-order chi connectivity index (χ0) is 15.5. The molecule has 0 saturated heterocycles. The van der Waals surface area contributed by atoms with Crippen molar-refractivity contribution < 1.29 is 40.6 Å². The fraction of sp³-hybridized carbons (Fsp3) is 0.400. The summed E-state index contributed by atoms with van der Waals surface area (Å²) in [6, 6.07) is 0.164. The second-order valence-electron chi connectivity index (χ2n) is 3.41. The third-order valence-electron chi connectivity index (χ3n) is 2.05. The number of esters is 1. The largest absolute Gasteiger partial charge is 0.574 e. The van der Waals surface area contributed by atoms with Crippen molar-refractivity contribution in [3.8, 4) is 5.88 Å². The SMILES string of the molecule is COC(=O)Cc1c(F)cc(OC(F)(F)F)nc1C(F)F. The fourth-order valence-electron chi connectivity index (χ4n) is 1.28. The first-order chi connectivity index (χ1) is 9.14.